The van der Waals surface area contributed by atoms with Crippen molar-refractivity contribution in [3.05, 3.63) is 22.7 Å². The SMILES string of the molecule is COc1cc([C@H](N)CC(F)F)cc(Cl)c1O.Cl. The topological polar surface area (TPSA) is 55.5 Å². The lowest BCUT2D eigenvalue weighted by molar-refractivity contribution is 0.128. The average Bonchev–Trinajstić information content (AvgIpc) is 2.20. The van der Waals surface area contributed by atoms with Crippen LogP contribution in [0.15, 0.2) is 12.1 Å². The molecule has 1 rings (SSSR count). The summed E-state index contributed by atoms with van der Waals surface area (Å²) in [6.45, 7) is 0. The fourth-order valence-electron chi connectivity index (χ4n) is 1.29. The summed E-state index contributed by atoms with van der Waals surface area (Å²) in [5.74, 6) is -0.107. The number of ether oxygens (including phenoxy) is 1. The number of rotatable bonds is 4. The van der Waals surface area contributed by atoms with Crippen LogP contribution in [0, 0.1) is 0 Å². The van der Waals surface area contributed by atoms with Crippen molar-refractivity contribution < 1.29 is 18.6 Å². The number of nitrogens with two attached hydrogens (primary N) is 1. The fourth-order valence-corrected chi connectivity index (χ4v) is 1.51. The molecule has 0 saturated heterocycles. The van der Waals surface area contributed by atoms with Gasteiger partial charge < -0.3 is 15.6 Å². The molecule has 3 nitrogen and oxygen atoms in total. The van der Waals surface area contributed by atoms with Crippen molar-refractivity contribution in [3.63, 3.8) is 0 Å². The Morgan fingerprint density at radius 1 is 1.47 bits per heavy atom. The Hall–Kier alpha value is -0.780. The third-order valence-electron chi connectivity index (χ3n) is 2.13. The van der Waals surface area contributed by atoms with Crippen LogP contribution in [0.3, 0.4) is 0 Å². The number of phenolic OH excluding ortho intramolecular Hbond substituents is 1. The molecule has 0 aliphatic heterocycles. The van der Waals surface area contributed by atoms with Gasteiger partial charge >= 0.3 is 0 Å². The molecule has 0 amide bonds. The predicted molar refractivity (Wildman–Crippen MR) is 64.5 cm³/mol. The molecule has 0 aliphatic rings. The minimum atomic E-state index is -2.49. The summed E-state index contributed by atoms with van der Waals surface area (Å²) in [7, 11) is 1.34. The highest BCUT2D eigenvalue weighted by Crippen LogP contribution is 2.37. The molecule has 0 aliphatic carbocycles. The first-order valence-corrected chi connectivity index (χ1v) is 4.93. The van der Waals surface area contributed by atoms with Gasteiger partial charge in [-0.15, -0.1) is 12.4 Å². The Morgan fingerprint density at radius 2 is 2.06 bits per heavy atom. The number of alkyl halides is 2. The zero-order valence-electron chi connectivity index (χ0n) is 8.99. The molecule has 3 N–H and O–H groups in total. The third kappa shape index (κ3) is 4.18. The summed E-state index contributed by atoms with van der Waals surface area (Å²) in [5, 5.41) is 9.47. The summed E-state index contributed by atoms with van der Waals surface area (Å²) in [4.78, 5) is 0. The summed E-state index contributed by atoms with van der Waals surface area (Å²) < 4.78 is 29.1. The van der Waals surface area contributed by atoms with E-state index in [2.05, 4.69) is 0 Å². The van der Waals surface area contributed by atoms with Gasteiger partial charge in [0.05, 0.1) is 12.1 Å². The molecule has 0 aromatic heterocycles. The first-order valence-electron chi connectivity index (χ1n) is 4.55. The number of hydrogen-bond acceptors (Lipinski definition) is 3. The number of phenols is 1. The van der Waals surface area contributed by atoms with Gasteiger partial charge in [-0.25, -0.2) is 8.78 Å². The van der Waals surface area contributed by atoms with Crippen molar-refractivity contribution in [2.24, 2.45) is 5.73 Å². The van der Waals surface area contributed by atoms with E-state index in [0.717, 1.165) is 0 Å². The molecule has 0 radical (unpaired) electrons. The zero-order chi connectivity index (χ0) is 12.3. The van der Waals surface area contributed by atoms with Gasteiger partial charge in [0, 0.05) is 12.5 Å². The van der Waals surface area contributed by atoms with Crippen LogP contribution in [0.5, 0.6) is 11.5 Å². The van der Waals surface area contributed by atoms with E-state index in [1.54, 1.807) is 0 Å². The molecule has 0 saturated carbocycles. The first kappa shape index (κ1) is 16.2. The Bertz CT molecular complexity index is 378. The molecular formula is C10H13Cl2F2NO2. The van der Waals surface area contributed by atoms with Crippen molar-refractivity contribution in [3.8, 4) is 11.5 Å². The van der Waals surface area contributed by atoms with Gasteiger partial charge in [0.15, 0.2) is 11.5 Å². The zero-order valence-corrected chi connectivity index (χ0v) is 10.6. The van der Waals surface area contributed by atoms with Crippen LogP contribution in [0.4, 0.5) is 8.78 Å². The van der Waals surface area contributed by atoms with E-state index in [-0.39, 0.29) is 28.9 Å². The van der Waals surface area contributed by atoms with Gasteiger partial charge in [-0.1, -0.05) is 11.6 Å². The summed E-state index contributed by atoms with van der Waals surface area (Å²) in [6, 6.07) is 1.91. The monoisotopic (exact) mass is 287 g/mol. The van der Waals surface area contributed by atoms with E-state index in [1.807, 2.05) is 0 Å². The molecule has 0 heterocycles. The summed E-state index contributed by atoms with van der Waals surface area (Å²) in [6.07, 6.45) is -2.96. The maximum absolute atomic E-state index is 12.1. The van der Waals surface area contributed by atoms with Crippen LogP contribution in [-0.4, -0.2) is 18.6 Å². The second-order valence-corrected chi connectivity index (χ2v) is 3.69. The molecule has 0 bridgehead atoms. The van der Waals surface area contributed by atoms with Gasteiger partial charge in [0.2, 0.25) is 6.43 Å². The second-order valence-electron chi connectivity index (χ2n) is 3.29. The van der Waals surface area contributed by atoms with Crippen molar-refractivity contribution in [1.29, 1.82) is 0 Å². The molecule has 1 atom stereocenters. The van der Waals surface area contributed by atoms with Gasteiger partial charge in [0.1, 0.15) is 0 Å². The van der Waals surface area contributed by atoms with Crippen LogP contribution < -0.4 is 10.5 Å². The third-order valence-corrected chi connectivity index (χ3v) is 2.42. The molecule has 1 aromatic carbocycles. The number of hydrogen-bond donors (Lipinski definition) is 2. The van der Waals surface area contributed by atoms with Crippen LogP contribution in [0.2, 0.25) is 5.02 Å². The lowest BCUT2D eigenvalue weighted by Crippen LogP contribution is -2.14. The predicted octanol–water partition coefficient (Wildman–Crippen LogP) is 3.13. The second kappa shape index (κ2) is 6.83. The van der Waals surface area contributed by atoms with Crippen LogP contribution >= 0.6 is 24.0 Å². The van der Waals surface area contributed by atoms with Gasteiger partial charge in [-0.2, -0.15) is 0 Å². The summed E-state index contributed by atoms with van der Waals surface area (Å²) >= 11 is 5.71. The molecule has 0 spiro atoms. The normalized spacial score (nSPS) is 12.1. The molecule has 0 fully saturated rings. The van der Waals surface area contributed by atoms with E-state index < -0.39 is 18.9 Å². The molecule has 0 unspecified atom stereocenters. The van der Waals surface area contributed by atoms with E-state index in [0.29, 0.717) is 5.56 Å². The van der Waals surface area contributed by atoms with Gasteiger partial charge in [-0.3, -0.25) is 0 Å². The Labute approximate surface area is 109 Å². The number of halogens is 4. The number of methoxy groups -OCH3 is 1. The Morgan fingerprint density at radius 3 is 2.53 bits per heavy atom. The molecule has 1 aromatic rings. The minimum absolute atomic E-state index is 0. The number of benzene rings is 1. The Balaban J connectivity index is 0.00000256. The highest BCUT2D eigenvalue weighted by atomic mass is 35.5. The maximum Gasteiger partial charge on any atom is 0.240 e. The van der Waals surface area contributed by atoms with Crippen molar-refractivity contribution >= 4 is 24.0 Å². The average molecular weight is 288 g/mol. The van der Waals surface area contributed by atoms with Crippen LogP contribution in [0.25, 0.3) is 0 Å². The van der Waals surface area contributed by atoms with E-state index in [9.17, 15) is 13.9 Å². The van der Waals surface area contributed by atoms with Crippen molar-refractivity contribution in [2.75, 3.05) is 7.11 Å². The van der Waals surface area contributed by atoms with Gasteiger partial charge in [0.25, 0.3) is 0 Å². The maximum atomic E-state index is 12.1. The van der Waals surface area contributed by atoms with Gasteiger partial charge in [-0.05, 0) is 17.7 Å². The smallest absolute Gasteiger partial charge is 0.240 e. The van der Waals surface area contributed by atoms with E-state index in [4.69, 9.17) is 22.1 Å². The largest absolute Gasteiger partial charge is 0.503 e. The van der Waals surface area contributed by atoms with E-state index in [1.165, 1.54) is 19.2 Å². The molecule has 98 valence electrons. The lowest BCUT2D eigenvalue weighted by atomic mass is 10.0. The minimum Gasteiger partial charge on any atom is -0.503 e. The lowest BCUT2D eigenvalue weighted by Gasteiger charge is -2.14. The molecular weight excluding hydrogens is 275 g/mol. The fraction of sp³-hybridized carbons (Fsp3) is 0.400. The molecule has 7 heteroatoms. The number of aromatic hydroxyl groups is 1. The highest BCUT2D eigenvalue weighted by Gasteiger charge is 2.16. The van der Waals surface area contributed by atoms with Crippen molar-refractivity contribution in [2.45, 2.75) is 18.9 Å². The quantitative estimate of drug-likeness (QED) is 0.895. The van der Waals surface area contributed by atoms with Crippen LogP contribution in [0.1, 0.15) is 18.0 Å². The van der Waals surface area contributed by atoms with Crippen molar-refractivity contribution in [1.82, 2.24) is 0 Å². The highest BCUT2D eigenvalue weighted by molar-refractivity contribution is 6.32. The summed E-state index contributed by atoms with van der Waals surface area (Å²) in [5.41, 5.74) is 5.97. The molecule has 17 heavy (non-hydrogen) atoms. The first-order chi connectivity index (χ1) is 7.45. The van der Waals surface area contributed by atoms with Crippen LogP contribution in [-0.2, 0) is 0 Å². The standard InChI is InChI=1S/C10H12ClF2NO2.ClH/c1-16-8-3-5(2-6(11)10(8)15)7(14)4-9(12)13;/h2-3,7,9,15H,4,14H2,1H3;1H/t7-;/m1./s1. The van der Waals surface area contributed by atoms with E-state index >= 15 is 0 Å². The Kier molecular flexibility index (Phi) is 6.52.